The number of piperidine rings is 1. The first-order chi connectivity index (χ1) is 16.9. The smallest absolute Gasteiger partial charge is 0.257 e. The molecule has 0 bridgehead atoms. The van der Waals surface area contributed by atoms with Crippen LogP contribution >= 0.6 is 11.6 Å². The summed E-state index contributed by atoms with van der Waals surface area (Å²) in [5, 5.41) is 6.33. The predicted molar refractivity (Wildman–Crippen MR) is 136 cm³/mol. The van der Waals surface area contributed by atoms with Gasteiger partial charge >= 0.3 is 0 Å². The molecule has 0 spiro atoms. The molecule has 3 aromatic carbocycles. The number of halogens is 1. The first-order valence-corrected chi connectivity index (χ1v) is 11.7. The number of likely N-dealkylation sites (tertiary alicyclic amines) is 1. The van der Waals surface area contributed by atoms with Crippen molar-refractivity contribution in [2.45, 2.75) is 12.8 Å². The average Bonchev–Trinajstić information content (AvgIpc) is 2.89. The van der Waals surface area contributed by atoms with Gasteiger partial charge in [0, 0.05) is 35.3 Å². The second-order valence-corrected chi connectivity index (χ2v) is 8.73. The number of nitrogens with zero attached hydrogens (tertiary/aromatic N) is 1. The monoisotopic (exact) mass is 491 g/mol. The molecule has 0 aromatic heterocycles. The molecule has 1 heterocycles. The van der Waals surface area contributed by atoms with E-state index in [0.717, 1.165) is 0 Å². The molecule has 1 aliphatic rings. The maximum Gasteiger partial charge on any atom is 0.257 e. The highest BCUT2D eigenvalue weighted by Crippen LogP contribution is 2.24. The van der Waals surface area contributed by atoms with Crippen LogP contribution in [0.3, 0.4) is 0 Å². The summed E-state index contributed by atoms with van der Waals surface area (Å²) >= 11 is 5.91. The molecular formula is C27H26ClN3O4. The number of benzene rings is 3. The van der Waals surface area contributed by atoms with E-state index >= 15 is 0 Å². The summed E-state index contributed by atoms with van der Waals surface area (Å²) < 4.78 is 5.14. The van der Waals surface area contributed by atoms with Gasteiger partial charge in [-0.25, -0.2) is 0 Å². The van der Waals surface area contributed by atoms with Gasteiger partial charge in [-0.05, 0) is 73.5 Å². The Morgan fingerprint density at radius 3 is 2.20 bits per heavy atom. The molecule has 7 nitrogen and oxygen atoms in total. The number of carbonyl (C=O) groups is 3. The number of para-hydroxylation sites is 1. The fourth-order valence-corrected chi connectivity index (χ4v) is 4.14. The summed E-state index contributed by atoms with van der Waals surface area (Å²) in [7, 11) is 1.58. The zero-order valence-corrected chi connectivity index (χ0v) is 20.0. The van der Waals surface area contributed by atoms with Gasteiger partial charge in [0.15, 0.2) is 0 Å². The molecule has 0 atom stereocenters. The maximum atomic E-state index is 13.0. The van der Waals surface area contributed by atoms with E-state index in [0.29, 0.717) is 59.2 Å². The number of amides is 3. The van der Waals surface area contributed by atoms with Crippen LogP contribution in [0.25, 0.3) is 0 Å². The molecule has 3 aromatic rings. The Hall–Kier alpha value is -3.84. The van der Waals surface area contributed by atoms with E-state index in [1.54, 1.807) is 84.8 Å². The standard InChI is InChI=1S/C27H26ClN3O4/c1-35-22-12-10-21(11-13-22)29-26(33)23-4-2-3-5-24(23)30-25(32)18-14-16-31(17-15-18)27(34)19-6-8-20(28)9-7-19/h2-13,18H,14-17H2,1H3,(H,29,33)(H,30,32). The third-order valence-corrected chi connectivity index (χ3v) is 6.27. The van der Waals surface area contributed by atoms with Crippen molar-refractivity contribution in [1.82, 2.24) is 4.90 Å². The lowest BCUT2D eigenvalue weighted by molar-refractivity contribution is -0.121. The number of methoxy groups -OCH3 is 1. The molecule has 2 N–H and O–H groups in total. The van der Waals surface area contributed by atoms with Crippen LogP contribution in [0.1, 0.15) is 33.6 Å². The Labute approximate surface area is 209 Å². The van der Waals surface area contributed by atoms with Gasteiger partial charge in [0.1, 0.15) is 5.75 Å². The quantitative estimate of drug-likeness (QED) is 0.502. The van der Waals surface area contributed by atoms with E-state index in [1.165, 1.54) is 0 Å². The fourth-order valence-electron chi connectivity index (χ4n) is 4.02. The van der Waals surface area contributed by atoms with Crippen molar-refractivity contribution in [3.63, 3.8) is 0 Å². The van der Waals surface area contributed by atoms with Crippen LogP contribution in [-0.4, -0.2) is 42.8 Å². The van der Waals surface area contributed by atoms with Crippen molar-refractivity contribution in [3.8, 4) is 5.75 Å². The third-order valence-electron chi connectivity index (χ3n) is 6.02. The topological polar surface area (TPSA) is 87.7 Å². The second-order valence-electron chi connectivity index (χ2n) is 8.29. The summed E-state index contributed by atoms with van der Waals surface area (Å²) in [5.41, 5.74) is 2.01. The SMILES string of the molecule is COc1ccc(NC(=O)c2ccccc2NC(=O)C2CCN(C(=O)c3ccc(Cl)cc3)CC2)cc1. The largest absolute Gasteiger partial charge is 0.497 e. The van der Waals surface area contributed by atoms with Gasteiger partial charge in [-0.3, -0.25) is 14.4 Å². The molecule has 0 aliphatic carbocycles. The van der Waals surface area contributed by atoms with Crippen LogP contribution in [0.2, 0.25) is 5.02 Å². The van der Waals surface area contributed by atoms with Crippen molar-refractivity contribution in [2.75, 3.05) is 30.8 Å². The number of hydrogen-bond acceptors (Lipinski definition) is 4. The van der Waals surface area contributed by atoms with Crippen LogP contribution < -0.4 is 15.4 Å². The van der Waals surface area contributed by atoms with Crippen LogP contribution in [0.4, 0.5) is 11.4 Å². The number of hydrogen-bond donors (Lipinski definition) is 2. The summed E-state index contributed by atoms with van der Waals surface area (Å²) in [6, 6.07) is 20.7. The highest BCUT2D eigenvalue weighted by Gasteiger charge is 2.28. The Morgan fingerprint density at radius 1 is 0.886 bits per heavy atom. The minimum Gasteiger partial charge on any atom is -0.497 e. The molecule has 1 aliphatic heterocycles. The Bertz CT molecular complexity index is 1200. The van der Waals surface area contributed by atoms with Crippen molar-refractivity contribution in [1.29, 1.82) is 0 Å². The van der Waals surface area contributed by atoms with Crippen LogP contribution in [0.15, 0.2) is 72.8 Å². The van der Waals surface area contributed by atoms with Crippen molar-refractivity contribution >= 4 is 40.7 Å². The number of anilines is 2. The van der Waals surface area contributed by atoms with Crippen LogP contribution in [0.5, 0.6) is 5.75 Å². The van der Waals surface area contributed by atoms with E-state index in [9.17, 15) is 14.4 Å². The number of nitrogens with one attached hydrogen (secondary N) is 2. The summed E-state index contributed by atoms with van der Waals surface area (Å²) in [6.07, 6.45) is 1.09. The van der Waals surface area contributed by atoms with Crippen molar-refractivity contribution in [3.05, 3.63) is 88.9 Å². The van der Waals surface area contributed by atoms with Gasteiger partial charge in [0.2, 0.25) is 5.91 Å². The molecule has 1 fully saturated rings. The van der Waals surface area contributed by atoms with E-state index in [4.69, 9.17) is 16.3 Å². The molecule has 4 rings (SSSR count). The third kappa shape index (κ3) is 6.00. The minimum absolute atomic E-state index is 0.0685. The van der Waals surface area contributed by atoms with Gasteiger partial charge in [-0.1, -0.05) is 23.7 Å². The minimum atomic E-state index is -0.325. The molecule has 0 unspecified atom stereocenters. The molecule has 0 radical (unpaired) electrons. The molecule has 3 amide bonds. The predicted octanol–water partition coefficient (Wildman–Crippen LogP) is 5.09. The molecular weight excluding hydrogens is 466 g/mol. The highest BCUT2D eigenvalue weighted by molar-refractivity contribution is 6.30. The molecule has 0 saturated carbocycles. The van der Waals surface area contributed by atoms with Gasteiger partial charge < -0.3 is 20.3 Å². The fraction of sp³-hybridized carbons (Fsp3) is 0.222. The average molecular weight is 492 g/mol. The first-order valence-electron chi connectivity index (χ1n) is 11.3. The number of ether oxygens (including phenoxy) is 1. The molecule has 35 heavy (non-hydrogen) atoms. The van der Waals surface area contributed by atoms with Crippen molar-refractivity contribution in [2.24, 2.45) is 5.92 Å². The lowest BCUT2D eigenvalue weighted by Gasteiger charge is -2.31. The normalized spacial score (nSPS) is 13.7. The van der Waals surface area contributed by atoms with E-state index in [1.807, 2.05) is 0 Å². The van der Waals surface area contributed by atoms with Crippen LogP contribution in [-0.2, 0) is 4.79 Å². The zero-order chi connectivity index (χ0) is 24.8. The Kier molecular flexibility index (Phi) is 7.67. The van der Waals surface area contributed by atoms with Gasteiger partial charge in [0.25, 0.3) is 11.8 Å². The molecule has 1 saturated heterocycles. The van der Waals surface area contributed by atoms with Crippen molar-refractivity contribution < 1.29 is 19.1 Å². The van der Waals surface area contributed by atoms with Gasteiger partial charge in [-0.2, -0.15) is 0 Å². The maximum absolute atomic E-state index is 13.0. The molecule has 180 valence electrons. The summed E-state index contributed by atoms with van der Waals surface area (Å²) in [4.78, 5) is 40.3. The number of rotatable bonds is 6. The van der Waals surface area contributed by atoms with Gasteiger partial charge in [-0.15, -0.1) is 0 Å². The number of carbonyl (C=O) groups excluding carboxylic acids is 3. The summed E-state index contributed by atoms with van der Waals surface area (Å²) in [5.74, 6) is -0.109. The first kappa shape index (κ1) is 24.3. The highest BCUT2D eigenvalue weighted by atomic mass is 35.5. The van der Waals surface area contributed by atoms with Gasteiger partial charge in [0.05, 0.1) is 18.4 Å². The lowest BCUT2D eigenvalue weighted by Crippen LogP contribution is -2.41. The van der Waals surface area contributed by atoms with Crippen LogP contribution in [0, 0.1) is 5.92 Å². The Morgan fingerprint density at radius 2 is 1.54 bits per heavy atom. The second kappa shape index (κ2) is 11.1. The van der Waals surface area contributed by atoms with E-state index in [-0.39, 0.29) is 23.6 Å². The Balaban J connectivity index is 1.36. The van der Waals surface area contributed by atoms with E-state index < -0.39 is 0 Å². The van der Waals surface area contributed by atoms with E-state index in [2.05, 4.69) is 10.6 Å². The zero-order valence-electron chi connectivity index (χ0n) is 19.3. The molecule has 8 heteroatoms. The summed E-state index contributed by atoms with van der Waals surface area (Å²) in [6.45, 7) is 0.971. The lowest BCUT2D eigenvalue weighted by atomic mass is 9.95.